The number of ketones is 3. The van der Waals surface area contributed by atoms with E-state index < -0.39 is 0 Å². The van der Waals surface area contributed by atoms with Crippen LogP contribution in [0.1, 0.15) is 126 Å². The molecule has 202 valence electrons. The van der Waals surface area contributed by atoms with Gasteiger partial charge >= 0.3 is 0 Å². The van der Waals surface area contributed by atoms with Crippen molar-refractivity contribution in [2.75, 3.05) is 0 Å². The van der Waals surface area contributed by atoms with Gasteiger partial charge in [0, 0.05) is 17.9 Å². The Kier molecular flexibility index (Phi) is 9.89. The molecule has 1 aromatic carbocycles. The summed E-state index contributed by atoms with van der Waals surface area (Å²) < 4.78 is 0. The van der Waals surface area contributed by atoms with Gasteiger partial charge in [-0.25, -0.2) is 0 Å². The van der Waals surface area contributed by atoms with Crippen molar-refractivity contribution in [2.24, 2.45) is 23.2 Å². The normalized spacial score (nSPS) is 19.2. The van der Waals surface area contributed by atoms with Gasteiger partial charge < -0.3 is 0 Å². The quantitative estimate of drug-likeness (QED) is 0.268. The Labute approximate surface area is 225 Å². The van der Waals surface area contributed by atoms with Gasteiger partial charge in [0.1, 0.15) is 11.6 Å². The van der Waals surface area contributed by atoms with Crippen molar-refractivity contribution in [2.45, 2.75) is 113 Å². The summed E-state index contributed by atoms with van der Waals surface area (Å²) in [4.78, 5) is 38.1. The summed E-state index contributed by atoms with van der Waals surface area (Å²) in [5.41, 5.74) is 7.62. The summed E-state index contributed by atoms with van der Waals surface area (Å²) >= 11 is 0. The van der Waals surface area contributed by atoms with Crippen LogP contribution < -0.4 is 0 Å². The van der Waals surface area contributed by atoms with Gasteiger partial charge in [0.05, 0.1) is 6.42 Å². The summed E-state index contributed by atoms with van der Waals surface area (Å²) in [7, 11) is 0. The van der Waals surface area contributed by atoms with E-state index in [1.807, 2.05) is 0 Å². The molecule has 3 atom stereocenters. The van der Waals surface area contributed by atoms with Crippen molar-refractivity contribution in [1.29, 1.82) is 0 Å². The minimum absolute atomic E-state index is 0.0349. The second kappa shape index (κ2) is 12.5. The first-order valence-electron chi connectivity index (χ1n) is 14.5. The number of allylic oxidation sites excluding steroid dienone is 4. The van der Waals surface area contributed by atoms with Crippen LogP contribution in [0, 0.1) is 30.1 Å². The Bertz CT molecular complexity index is 1080. The summed E-state index contributed by atoms with van der Waals surface area (Å²) in [5.74, 6) is 0.656. The molecule has 1 aromatic rings. The van der Waals surface area contributed by atoms with Crippen LogP contribution >= 0.6 is 0 Å². The van der Waals surface area contributed by atoms with Crippen molar-refractivity contribution < 1.29 is 14.4 Å². The monoisotopic (exact) mass is 504 g/mol. The molecule has 0 N–H and O–H groups in total. The van der Waals surface area contributed by atoms with E-state index in [1.54, 1.807) is 0 Å². The van der Waals surface area contributed by atoms with Gasteiger partial charge in [-0.15, -0.1) is 0 Å². The number of rotatable bonds is 12. The minimum Gasteiger partial charge on any atom is -0.300 e. The van der Waals surface area contributed by atoms with E-state index in [1.165, 1.54) is 35.6 Å². The Morgan fingerprint density at radius 3 is 2.43 bits per heavy atom. The number of aryl methyl sites for hydroxylation is 1. The standard InChI is InChI=1S/C34H48O3/c1-8-10-26(28(9-2)31(36)17-23(4)35)19-25-20-30-29(14-11-22(3)33(30)32(37)21-25)27-13-12-24(18-27)15-16-34(5,6)7/h11-14,25-26,28H,8-10,15-21H2,1-7H3. The maximum atomic E-state index is 13.5. The highest BCUT2D eigenvalue weighted by atomic mass is 16.1. The fraction of sp³-hybridized carbons (Fsp3) is 0.618. The molecule has 0 heterocycles. The number of carbonyl (C=O) groups excluding carboxylic acids is 3. The van der Waals surface area contributed by atoms with E-state index >= 15 is 0 Å². The van der Waals surface area contributed by atoms with Crippen molar-refractivity contribution >= 4 is 22.9 Å². The van der Waals surface area contributed by atoms with E-state index in [4.69, 9.17) is 0 Å². The third kappa shape index (κ3) is 7.62. The first-order valence-corrected chi connectivity index (χ1v) is 14.5. The van der Waals surface area contributed by atoms with Gasteiger partial charge in [0.25, 0.3) is 0 Å². The zero-order valence-electron chi connectivity index (χ0n) is 24.3. The van der Waals surface area contributed by atoms with E-state index in [0.717, 1.165) is 56.1 Å². The molecule has 3 nitrogen and oxygen atoms in total. The smallest absolute Gasteiger partial charge is 0.163 e. The first-order chi connectivity index (χ1) is 17.4. The van der Waals surface area contributed by atoms with Gasteiger partial charge in [-0.1, -0.05) is 77.3 Å². The molecule has 0 saturated heterocycles. The SMILES string of the molecule is CCCC(CC1CC(=O)c2c(C)ccc(C3=CC=C(CCC(C)(C)C)C3)c2C1)C(CC)C(=O)CC(C)=O. The lowest BCUT2D eigenvalue weighted by molar-refractivity contribution is -0.129. The summed E-state index contributed by atoms with van der Waals surface area (Å²) in [6.07, 6.45) is 12.9. The molecule has 0 radical (unpaired) electrons. The van der Waals surface area contributed by atoms with Crippen LogP contribution in [0.3, 0.4) is 0 Å². The number of hydrogen-bond acceptors (Lipinski definition) is 3. The number of carbonyl (C=O) groups is 3. The van der Waals surface area contributed by atoms with Crippen molar-refractivity contribution in [3.63, 3.8) is 0 Å². The van der Waals surface area contributed by atoms with Crippen LogP contribution in [0.5, 0.6) is 0 Å². The van der Waals surface area contributed by atoms with E-state index in [2.05, 4.69) is 65.8 Å². The summed E-state index contributed by atoms with van der Waals surface area (Å²) in [6, 6.07) is 4.35. The van der Waals surface area contributed by atoms with Crippen molar-refractivity contribution in [3.05, 3.63) is 52.1 Å². The van der Waals surface area contributed by atoms with Crippen molar-refractivity contribution in [3.8, 4) is 0 Å². The largest absolute Gasteiger partial charge is 0.300 e. The average Bonchev–Trinajstić information content (AvgIpc) is 3.26. The number of benzene rings is 1. The van der Waals surface area contributed by atoms with Gasteiger partial charge in [0.2, 0.25) is 0 Å². The molecule has 0 fully saturated rings. The lowest BCUT2D eigenvalue weighted by Gasteiger charge is -2.32. The van der Waals surface area contributed by atoms with Gasteiger partial charge in [-0.3, -0.25) is 14.4 Å². The van der Waals surface area contributed by atoms with Crippen LogP contribution in [0.2, 0.25) is 0 Å². The van der Waals surface area contributed by atoms with Crippen LogP contribution in [0.15, 0.2) is 29.9 Å². The fourth-order valence-corrected chi connectivity index (χ4v) is 6.51. The zero-order valence-corrected chi connectivity index (χ0v) is 24.3. The third-order valence-electron chi connectivity index (χ3n) is 8.39. The molecule has 3 rings (SSSR count). The molecule has 2 aliphatic carbocycles. The Morgan fingerprint density at radius 1 is 1.08 bits per heavy atom. The zero-order chi connectivity index (χ0) is 27.3. The highest BCUT2D eigenvalue weighted by molar-refractivity contribution is 6.01. The molecule has 0 amide bonds. The van der Waals surface area contributed by atoms with E-state index in [9.17, 15) is 14.4 Å². The highest BCUT2D eigenvalue weighted by Crippen LogP contribution is 2.41. The number of fused-ring (bicyclic) bond motifs is 1. The predicted molar refractivity (Wildman–Crippen MR) is 154 cm³/mol. The van der Waals surface area contributed by atoms with Crippen LogP contribution in [-0.4, -0.2) is 17.3 Å². The second-order valence-corrected chi connectivity index (χ2v) is 12.9. The minimum atomic E-state index is -0.0931. The van der Waals surface area contributed by atoms with Crippen molar-refractivity contribution in [1.82, 2.24) is 0 Å². The van der Waals surface area contributed by atoms with E-state index in [-0.39, 0.29) is 41.5 Å². The third-order valence-corrected chi connectivity index (χ3v) is 8.39. The molecule has 0 saturated carbocycles. The van der Waals surface area contributed by atoms with Crippen LogP contribution in [-0.2, 0) is 16.0 Å². The maximum Gasteiger partial charge on any atom is 0.163 e. The predicted octanol–water partition coefficient (Wildman–Crippen LogP) is 8.66. The molecular formula is C34H48O3. The molecule has 0 aliphatic heterocycles. The molecule has 0 spiro atoms. The molecule has 2 aliphatic rings. The van der Waals surface area contributed by atoms with Gasteiger partial charge in [-0.2, -0.15) is 0 Å². The highest BCUT2D eigenvalue weighted by Gasteiger charge is 2.34. The summed E-state index contributed by atoms with van der Waals surface area (Å²) in [5, 5.41) is 0. The molecule has 3 unspecified atom stereocenters. The topological polar surface area (TPSA) is 51.2 Å². The van der Waals surface area contributed by atoms with Gasteiger partial charge in [0.15, 0.2) is 5.78 Å². The number of Topliss-reactive ketones (excluding diaryl/α,β-unsaturated/α-hetero) is 3. The van der Waals surface area contributed by atoms with Gasteiger partial charge in [-0.05, 0) is 91.9 Å². The lowest BCUT2D eigenvalue weighted by atomic mass is 9.71. The lowest BCUT2D eigenvalue weighted by Crippen LogP contribution is -2.30. The summed E-state index contributed by atoms with van der Waals surface area (Å²) in [6.45, 7) is 14.7. The Morgan fingerprint density at radius 2 is 1.81 bits per heavy atom. The number of hydrogen-bond donors (Lipinski definition) is 0. The fourth-order valence-electron chi connectivity index (χ4n) is 6.51. The average molecular weight is 505 g/mol. The molecule has 0 aromatic heterocycles. The molecule has 37 heavy (non-hydrogen) atoms. The van der Waals surface area contributed by atoms with Crippen LogP contribution in [0.25, 0.3) is 5.57 Å². The Balaban J connectivity index is 1.82. The first kappa shape index (κ1) is 29.3. The molecular weight excluding hydrogens is 456 g/mol. The molecule has 0 bridgehead atoms. The molecule has 3 heteroatoms. The maximum absolute atomic E-state index is 13.5. The van der Waals surface area contributed by atoms with E-state index in [0.29, 0.717) is 11.8 Å². The Hall–Kier alpha value is -2.29. The van der Waals surface area contributed by atoms with Crippen LogP contribution in [0.4, 0.5) is 0 Å². The second-order valence-electron chi connectivity index (χ2n) is 12.9.